The topological polar surface area (TPSA) is 153 Å². The van der Waals surface area contributed by atoms with Crippen LogP contribution in [0.5, 0.6) is 0 Å². The molecular formula is C29H31F2N9O3S. The lowest BCUT2D eigenvalue weighted by Gasteiger charge is -2.29. The highest BCUT2D eigenvalue weighted by Gasteiger charge is 2.37. The van der Waals surface area contributed by atoms with E-state index in [4.69, 9.17) is 0 Å². The summed E-state index contributed by atoms with van der Waals surface area (Å²) in [5.74, 6) is 7.62. The number of nitrogens with zero attached hydrogens (tertiary/aromatic N) is 7. The highest BCUT2D eigenvalue weighted by atomic mass is 32.2. The molecule has 230 valence electrons. The number of aliphatic hydroxyl groups is 1. The van der Waals surface area contributed by atoms with Crippen molar-refractivity contribution in [2.75, 3.05) is 17.2 Å². The van der Waals surface area contributed by atoms with Gasteiger partial charge in [0, 0.05) is 37.3 Å². The lowest BCUT2D eigenvalue weighted by atomic mass is 9.86. The fourth-order valence-corrected chi connectivity index (χ4v) is 6.51. The Kier molecular flexibility index (Phi) is 8.53. The first-order valence-electron chi connectivity index (χ1n) is 14.4. The van der Waals surface area contributed by atoms with Gasteiger partial charge in [-0.25, -0.2) is 32.2 Å². The van der Waals surface area contributed by atoms with Crippen molar-refractivity contribution in [2.45, 2.75) is 62.8 Å². The SMILES string of the molecule is O=S(=O)(C1CC1)n1cc(-c2nccc(Nc3cc(NC4CCC(CO)CC4)c(C#Cc4cnn(CC(F)F)c4)cn3)n2)cn1. The molecule has 0 bridgehead atoms. The van der Waals surface area contributed by atoms with Crippen molar-refractivity contribution in [3.63, 3.8) is 0 Å². The van der Waals surface area contributed by atoms with Crippen molar-refractivity contribution in [3.8, 4) is 23.2 Å². The molecule has 0 amide bonds. The molecule has 2 aliphatic rings. The summed E-state index contributed by atoms with van der Waals surface area (Å²) in [6, 6.07) is 3.67. The molecule has 0 saturated heterocycles. The monoisotopic (exact) mass is 623 g/mol. The number of halogens is 2. The fourth-order valence-electron chi connectivity index (χ4n) is 5.04. The number of hydrogen-bond acceptors (Lipinski definition) is 10. The molecule has 0 spiro atoms. The van der Waals surface area contributed by atoms with E-state index in [1.165, 1.54) is 24.8 Å². The normalized spacial score (nSPS) is 18.5. The highest BCUT2D eigenvalue weighted by Crippen LogP contribution is 2.31. The summed E-state index contributed by atoms with van der Waals surface area (Å²) in [5, 5.41) is 23.8. The first-order valence-corrected chi connectivity index (χ1v) is 15.9. The van der Waals surface area contributed by atoms with Crippen LogP contribution in [0.1, 0.15) is 49.7 Å². The van der Waals surface area contributed by atoms with Gasteiger partial charge in [-0.1, -0.05) is 11.8 Å². The Hall–Kier alpha value is -4.42. The average Bonchev–Trinajstić information content (AvgIpc) is 3.60. The van der Waals surface area contributed by atoms with E-state index in [9.17, 15) is 22.3 Å². The summed E-state index contributed by atoms with van der Waals surface area (Å²) >= 11 is 0. The molecule has 0 aliphatic heterocycles. The van der Waals surface area contributed by atoms with Crippen molar-refractivity contribution in [1.29, 1.82) is 0 Å². The third kappa shape index (κ3) is 7.03. The molecule has 12 nitrogen and oxygen atoms in total. The van der Waals surface area contributed by atoms with E-state index in [1.807, 2.05) is 6.07 Å². The Balaban J connectivity index is 1.23. The lowest BCUT2D eigenvalue weighted by molar-refractivity contribution is 0.122. The zero-order chi connectivity index (χ0) is 30.7. The Bertz CT molecular complexity index is 1790. The Labute approximate surface area is 253 Å². The van der Waals surface area contributed by atoms with E-state index in [1.54, 1.807) is 18.5 Å². The molecule has 44 heavy (non-hydrogen) atoms. The van der Waals surface area contributed by atoms with Gasteiger partial charge < -0.3 is 15.7 Å². The van der Waals surface area contributed by atoms with Crippen LogP contribution in [0.15, 0.2) is 49.3 Å². The van der Waals surface area contributed by atoms with Crippen molar-refractivity contribution >= 4 is 27.3 Å². The maximum atomic E-state index is 12.7. The van der Waals surface area contributed by atoms with Gasteiger partial charge in [-0.15, -0.1) is 0 Å². The molecule has 4 aromatic heterocycles. The first kappa shape index (κ1) is 29.6. The third-order valence-electron chi connectivity index (χ3n) is 7.60. The molecule has 0 atom stereocenters. The van der Waals surface area contributed by atoms with Gasteiger partial charge in [0.1, 0.15) is 18.2 Å². The average molecular weight is 624 g/mol. The molecule has 2 aliphatic carbocycles. The highest BCUT2D eigenvalue weighted by molar-refractivity contribution is 7.90. The summed E-state index contributed by atoms with van der Waals surface area (Å²) in [4.78, 5) is 13.3. The molecule has 0 radical (unpaired) electrons. The van der Waals surface area contributed by atoms with Crippen LogP contribution in [0.3, 0.4) is 0 Å². The smallest absolute Gasteiger partial charge is 0.257 e. The van der Waals surface area contributed by atoms with E-state index in [0.29, 0.717) is 52.9 Å². The lowest BCUT2D eigenvalue weighted by Crippen LogP contribution is -2.27. The molecule has 0 unspecified atom stereocenters. The summed E-state index contributed by atoms with van der Waals surface area (Å²) in [5.41, 5.74) is 2.33. The second kappa shape index (κ2) is 12.7. The van der Waals surface area contributed by atoms with E-state index in [0.717, 1.165) is 40.1 Å². The van der Waals surface area contributed by atoms with Gasteiger partial charge >= 0.3 is 0 Å². The van der Waals surface area contributed by atoms with Crippen LogP contribution >= 0.6 is 0 Å². The number of anilines is 3. The van der Waals surface area contributed by atoms with Crippen molar-refractivity contribution in [2.24, 2.45) is 5.92 Å². The van der Waals surface area contributed by atoms with Crippen LogP contribution in [0, 0.1) is 17.8 Å². The summed E-state index contributed by atoms with van der Waals surface area (Å²) in [6.45, 7) is -0.316. The van der Waals surface area contributed by atoms with E-state index in [2.05, 4.69) is 47.6 Å². The minimum atomic E-state index is -3.50. The molecule has 6 rings (SSSR count). The van der Waals surface area contributed by atoms with Crippen LogP contribution in [0.4, 0.5) is 26.1 Å². The summed E-state index contributed by atoms with van der Waals surface area (Å²) < 4.78 is 52.6. The molecule has 15 heteroatoms. The minimum absolute atomic E-state index is 0.177. The first-order chi connectivity index (χ1) is 21.3. The largest absolute Gasteiger partial charge is 0.396 e. The van der Waals surface area contributed by atoms with Crippen LogP contribution in [0.25, 0.3) is 11.4 Å². The number of alkyl halides is 2. The predicted octanol–water partition coefficient (Wildman–Crippen LogP) is 3.64. The Morgan fingerprint density at radius 1 is 1.00 bits per heavy atom. The van der Waals surface area contributed by atoms with Gasteiger partial charge in [-0.2, -0.15) is 14.3 Å². The van der Waals surface area contributed by atoms with Gasteiger partial charge in [-0.3, -0.25) is 4.68 Å². The van der Waals surface area contributed by atoms with Gasteiger partial charge in [0.05, 0.1) is 46.2 Å². The Morgan fingerprint density at radius 3 is 2.57 bits per heavy atom. The van der Waals surface area contributed by atoms with Gasteiger partial charge in [0.25, 0.3) is 16.4 Å². The second-order valence-electron chi connectivity index (χ2n) is 11.0. The van der Waals surface area contributed by atoms with E-state index >= 15 is 0 Å². The van der Waals surface area contributed by atoms with Crippen molar-refractivity contribution in [3.05, 3.63) is 60.4 Å². The van der Waals surface area contributed by atoms with Crippen LogP contribution in [0.2, 0.25) is 0 Å². The van der Waals surface area contributed by atoms with Gasteiger partial charge in [0.15, 0.2) is 5.82 Å². The predicted molar refractivity (Wildman–Crippen MR) is 159 cm³/mol. The number of hydrogen-bond donors (Lipinski definition) is 3. The van der Waals surface area contributed by atoms with Crippen LogP contribution < -0.4 is 10.6 Å². The standard InChI is InChI=1S/C29H31F2N9O3S/c30-26(31)17-39-15-20(12-34-39)1-4-21-13-33-28(11-25(21)36-23-5-2-19(18-41)3-6-23)37-27-9-10-32-29(38-27)22-14-35-40(16-22)44(42,43)24-7-8-24/h9-16,19,23-24,26,41H,2-3,5-8,17-18H2,(H2,32,33,36,37,38). The zero-order valence-corrected chi connectivity index (χ0v) is 24.5. The number of pyridine rings is 1. The van der Waals surface area contributed by atoms with Crippen molar-refractivity contribution < 1.29 is 22.3 Å². The van der Waals surface area contributed by atoms with Crippen LogP contribution in [-0.4, -0.2) is 71.8 Å². The molecule has 3 N–H and O–H groups in total. The molecule has 4 heterocycles. The van der Waals surface area contributed by atoms with Crippen LogP contribution in [-0.2, 0) is 16.6 Å². The number of nitrogens with one attached hydrogen (secondary N) is 2. The second-order valence-corrected chi connectivity index (χ2v) is 13.1. The molecule has 4 aromatic rings. The maximum absolute atomic E-state index is 12.7. The van der Waals surface area contributed by atoms with Gasteiger partial charge in [0.2, 0.25) is 0 Å². The Morgan fingerprint density at radius 2 is 1.82 bits per heavy atom. The fraction of sp³-hybridized carbons (Fsp3) is 0.414. The summed E-state index contributed by atoms with van der Waals surface area (Å²) in [7, 11) is -3.50. The zero-order valence-electron chi connectivity index (χ0n) is 23.6. The van der Waals surface area contributed by atoms with Crippen molar-refractivity contribution in [1.82, 2.24) is 33.9 Å². The summed E-state index contributed by atoms with van der Waals surface area (Å²) in [6.07, 6.45) is 11.3. The van der Waals surface area contributed by atoms with E-state index in [-0.39, 0.29) is 12.6 Å². The number of aliphatic hydroxyl groups excluding tert-OH is 1. The van der Waals surface area contributed by atoms with E-state index < -0.39 is 28.2 Å². The molecule has 2 fully saturated rings. The minimum Gasteiger partial charge on any atom is -0.396 e. The molecule has 0 aromatic carbocycles. The maximum Gasteiger partial charge on any atom is 0.257 e. The quantitative estimate of drug-likeness (QED) is 0.223. The molecule has 2 saturated carbocycles. The van der Waals surface area contributed by atoms with Gasteiger partial charge in [-0.05, 0) is 50.5 Å². The number of aromatic nitrogens is 7. The molecular weight excluding hydrogens is 592 g/mol. The number of rotatable bonds is 10. The third-order valence-corrected chi connectivity index (χ3v) is 9.64.